The molecule has 4 unspecified atom stereocenters. The van der Waals surface area contributed by atoms with E-state index in [0.717, 1.165) is 24.5 Å². The number of hydrogen-bond donors (Lipinski definition) is 10. The molecule has 4 heterocycles. The second kappa shape index (κ2) is 15.2. The van der Waals surface area contributed by atoms with Gasteiger partial charge < -0.3 is 49.5 Å². The molecular weight excluding hydrogens is 831 g/mol. The highest BCUT2D eigenvalue weighted by molar-refractivity contribution is 7.83. The van der Waals surface area contributed by atoms with Crippen molar-refractivity contribution in [3.8, 4) is 0 Å². The summed E-state index contributed by atoms with van der Waals surface area (Å²) in [5.74, 6) is 0. The monoisotopic (exact) mass is 856 g/mol. The number of aromatic nitrogens is 4. The number of alkyl halides is 2. The Morgan fingerprint density at radius 3 is 1.31 bits per heavy atom. The maximum absolute atomic E-state index is 12.8. The maximum atomic E-state index is 12.8. The van der Waals surface area contributed by atoms with Crippen LogP contribution in [-0.4, -0.2) is 113 Å². The van der Waals surface area contributed by atoms with Gasteiger partial charge in [-0.1, -0.05) is 23.2 Å². The molecule has 10 N–H and O–H groups in total. The fraction of sp³-hybridized carbons (Fsp3) is 0.579. The van der Waals surface area contributed by atoms with Gasteiger partial charge in [-0.15, -0.1) is 0 Å². The summed E-state index contributed by atoms with van der Waals surface area (Å²) >= 11 is 11.0. The van der Waals surface area contributed by atoms with E-state index in [-0.39, 0.29) is 0 Å². The summed E-state index contributed by atoms with van der Waals surface area (Å²) < 4.78 is 74.8. The largest absolute Gasteiger partial charge is 0.479 e. The van der Waals surface area contributed by atoms with Gasteiger partial charge in [0.15, 0.2) is 12.5 Å². The predicted molar refractivity (Wildman–Crippen MR) is 162 cm³/mol. The summed E-state index contributed by atoms with van der Waals surface area (Å²) in [5.41, 5.74) is -3.83. The molecule has 4 rings (SSSR count). The van der Waals surface area contributed by atoms with Crippen molar-refractivity contribution in [2.75, 3.05) is 13.2 Å². The van der Waals surface area contributed by atoms with E-state index < -0.39 is 119 Å². The fourth-order valence-corrected chi connectivity index (χ4v) is 11.5. The van der Waals surface area contributed by atoms with Gasteiger partial charge in [0.1, 0.15) is 36.6 Å². The number of H-pyrrole nitrogens is 2. The maximum Gasteiger partial charge on any atom is 0.479 e. The Morgan fingerprint density at radius 1 is 0.667 bits per heavy atom. The van der Waals surface area contributed by atoms with E-state index in [4.69, 9.17) is 32.7 Å². The molecule has 2 aliphatic heterocycles. The lowest BCUT2D eigenvalue weighted by atomic mass is 10.1. The molecule has 2 aromatic heterocycles. The molecular formula is C19H26Cl2N4O22P4. The number of halogens is 2. The van der Waals surface area contributed by atoms with Crippen LogP contribution in [0, 0.1) is 0 Å². The number of phosphoric ester groups is 2. The number of phosphoric acid groups is 2. The molecule has 2 aliphatic rings. The van der Waals surface area contributed by atoms with E-state index in [0.29, 0.717) is 9.13 Å². The first kappa shape index (κ1) is 42.0. The van der Waals surface area contributed by atoms with Crippen LogP contribution in [0.2, 0.25) is 0 Å². The van der Waals surface area contributed by atoms with Gasteiger partial charge in [-0.2, -0.15) is 0 Å². The van der Waals surface area contributed by atoms with Crippen molar-refractivity contribution in [2.24, 2.45) is 0 Å². The minimum absolute atomic E-state index is 0.629. The first-order valence-corrected chi connectivity index (χ1v) is 20.3. The highest BCUT2D eigenvalue weighted by Crippen LogP contribution is 2.83. The van der Waals surface area contributed by atoms with Gasteiger partial charge in [0.2, 0.25) is 0 Å². The zero-order chi connectivity index (χ0) is 38.5. The number of nitrogens with zero attached hydrogens (tertiary/aromatic N) is 2. The number of hydrogen-bond acceptors (Lipinski definition) is 18. The number of rotatable bonds is 14. The molecule has 2 fully saturated rings. The van der Waals surface area contributed by atoms with Gasteiger partial charge in [0, 0.05) is 24.5 Å². The van der Waals surface area contributed by atoms with E-state index in [2.05, 4.69) is 17.7 Å². The third kappa shape index (κ3) is 9.16. The average Bonchev–Trinajstić information content (AvgIpc) is 3.43. The Kier molecular flexibility index (Phi) is 12.5. The van der Waals surface area contributed by atoms with Crippen LogP contribution in [0.1, 0.15) is 12.5 Å². The van der Waals surface area contributed by atoms with Crippen LogP contribution >= 0.6 is 54.0 Å². The quantitative estimate of drug-likeness (QED) is 0.0671. The molecule has 2 aromatic rings. The van der Waals surface area contributed by atoms with Crippen LogP contribution < -0.4 is 22.5 Å². The molecule has 0 amide bonds. The Bertz CT molecular complexity index is 1910. The van der Waals surface area contributed by atoms with Crippen molar-refractivity contribution in [2.45, 2.75) is 52.9 Å². The van der Waals surface area contributed by atoms with Crippen LogP contribution in [0.5, 0.6) is 0 Å². The fourth-order valence-electron chi connectivity index (χ4n) is 4.37. The van der Waals surface area contributed by atoms with E-state index in [1.807, 2.05) is 9.97 Å². The molecule has 51 heavy (non-hydrogen) atoms. The van der Waals surface area contributed by atoms with Crippen molar-refractivity contribution in [3.05, 3.63) is 66.2 Å². The summed E-state index contributed by atoms with van der Waals surface area (Å²) in [4.78, 5) is 90.6. The zero-order valence-corrected chi connectivity index (χ0v) is 29.7. The molecule has 0 aliphatic carbocycles. The lowest BCUT2D eigenvalue weighted by Crippen LogP contribution is -2.37. The lowest BCUT2D eigenvalue weighted by molar-refractivity contribution is -0.0541. The normalized spacial score (nSPS) is 31.7. The number of aliphatic hydroxyl groups is 4. The summed E-state index contributed by atoms with van der Waals surface area (Å²) in [7, 11) is -24.7. The molecule has 288 valence electrons. The first-order valence-electron chi connectivity index (χ1n) is 13.4. The van der Waals surface area contributed by atoms with E-state index in [9.17, 15) is 77.4 Å². The zero-order valence-electron chi connectivity index (χ0n) is 24.6. The average molecular weight is 857 g/mol. The van der Waals surface area contributed by atoms with Crippen LogP contribution in [0.3, 0.4) is 0 Å². The Hall–Kier alpha value is -1.70. The highest BCUT2D eigenvalue weighted by Gasteiger charge is 2.66. The molecule has 32 heteroatoms. The van der Waals surface area contributed by atoms with Crippen molar-refractivity contribution >= 4 is 54.0 Å². The number of ether oxygens (including phenoxy) is 2. The molecule has 2 saturated heterocycles. The van der Waals surface area contributed by atoms with Crippen LogP contribution in [-0.2, 0) is 45.4 Å². The summed E-state index contributed by atoms with van der Waals surface area (Å²) in [6.45, 7) is -2.51. The minimum Gasteiger partial charge on any atom is -0.387 e. The Balaban J connectivity index is 1.38. The van der Waals surface area contributed by atoms with E-state index >= 15 is 0 Å². The van der Waals surface area contributed by atoms with Crippen LogP contribution in [0.15, 0.2) is 43.7 Å². The van der Waals surface area contributed by atoms with Gasteiger partial charge in [-0.25, -0.2) is 27.3 Å². The predicted octanol–water partition coefficient (Wildman–Crippen LogP) is -2.95. The summed E-state index contributed by atoms with van der Waals surface area (Å²) in [6.07, 6.45) is -12.9. The van der Waals surface area contributed by atoms with Gasteiger partial charge in [-0.05, 0) is 0 Å². The number of aromatic amines is 2. The number of aliphatic hydroxyl groups excluding tert-OH is 4. The van der Waals surface area contributed by atoms with Crippen LogP contribution in [0.4, 0.5) is 0 Å². The minimum atomic E-state index is -6.41. The lowest BCUT2D eigenvalue weighted by Gasteiger charge is -2.29. The van der Waals surface area contributed by atoms with Crippen molar-refractivity contribution in [3.63, 3.8) is 0 Å². The second-order valence-corrected chi connectivity index (χ2v) is 20.2. The summed E-state index contributed by atoms with van der Waals surface area (Å²) in [6, 6.07) is 1.71. The second-order valence-electron chi connectivity index (χ2n) is 10.4. The topological polar surface area (TPSA) is 395 Å². The van der Waals surface area contributed by atoms with Gasteiger partial charge in [0.25, 0.3) is 11.1 Å². The summed E-state index contributed by atoms with van der Waals surface area (Å²) in [5, 5.41) is 40.9. The number of nitrogens with one attached hydrogen (secondary N) is 2. The SMILES string of the molecule is O=c1ccn([C@@H]2O[C@H](COP(=O)(O)OP(=O)(O)C(Cl)(Cl)P(=O)(O)OP(=O)(O)OC[C@H]3O[C@@H](n4ccc(=O)[nH]c4=O)[C@H](O)[C@@H]3O)[C@@H](O)[C@H]2O)c(=O)[nH]1. The smallest absolute Gasteiger partial charge is 0.387 e. The van der Waals surface area contributed by atoms with E-state index in [1.165, 1.54) is 0 Å². The molecule has 0 saturated carbocycles. The Labute approximate surface area is 290 Å². The molecule has 26 nitrogen and oxygen atoms in total. The van der Waals surface area contributed by atoms with E-state index in [1.54, 1.807) is 0 Å². The molecule has 0 radical (unpaired) electrons. The third-order valence-corrected chi connectivity index (χ3v) is 16.6. The first-order chi connectivity index (χ1) is 23.3. The Morgan fingerprint density at radius 2 is 1.00 bits per heavy atom. The molecule has 0 spiro atoms. The standard InChI is InChI=1S/C19H26Cl2N4O22P4/c20-19(21,48(34,35)46-50(38,39)42-5-7-11(28)13(30)15(44-7)24-3-1-9(26)22-17(24)32)49(36,37)47-51(40,41)43-6-8-12(29)14(31)16(45-8)25-4-2-10(27)23-18(25)33/h1-4,7-8,11-16,28-31H,5-6H2,(H,34,35)(H,36,37)(H,38,39)(H,40,41)(H,22,26,32)(H,23,27,33)/t7-,8-,11-,12-,13-,14-,15-,16-/m1/s1. The van der Waals surface area contributed by atoms with Crippen molar-refractivity contribution in [1.29, 1.82) is 0 Å². The highest BCUT2D eigenvalue weighted by atomic mass is 35.5. The van der Waals surface area contributed by atoms with Gasteiger partial charge in [0.05, 0.1) is 13.2 Å². The molecule has 12 atom stereocenters. The van der Waals surface area contributed by atoms with Gasteiger partial charge in [-0.3, -0.25) is 46.9 Å². The van der Waals surface area contributed by atoms with Crippen molar-refractivity contribution in [1.82, 2.24) is 19.1 Å². The van der Waals surface area contributed by atoms with Gasteiger partial charge >= 0.3 is 46.0 Å². The van der Waals surface area contributed by atoms with Crippen molar-refractivity contribution < 1.29 is 85.4 Å². The molecule has 0 bridgehead atoms. The third-order valence-electron chi connectivity index (χ3n) is 6.84. The van der Waals surface area contributed by atoms with Crippen LogP contribution in [0.25, 0.3) is 0 Å². The molecule has 0 aromatic carbocycles.